The van der Waals surface area contributed by atoms with E-state index >= 15 is 0 Å². The minimum Gasteiger partial charge on any atom is -0.374 e. The summed E-state index contributed by atoms with van der Waals surface area (Å²) in [5.41, 5.74) is 10.2. The molecule has 1 aliphatic rings. The number of rotatable bonds is 8. The molecule has 0 saturated carbocycles. The van der Waals surface area contributed by atoms with Crippen LogP contribution in [-0.2, 0) is 31.4 Å². The predicted octanol–water partition coefficient (Wildman–Crippen LogP) is 3.21. The number of pyridine rings is 1. The van der Waals surface area contributed by atoms with Gasteiger partial charge in [-0.3, -0.25) is 14.5 Å². The summed E-state index contributed by atoms with van der Waals surface area (Å²) < 4.78 is 34.7. The van der Waals surface area contributed by atoms with Crippen LogP contribution in [0.25, 0.3) is 11.4 Å². The van der Waals surface area contributed by atoms with E-state index in [1.165, 1.54) is 12.1 Å². The molecule has 2 aromatic heterocycles. The predicted molar refractivity (Wildman–Crippen MR) is 119 cm³/mol. The van der Waals surface area contributed by atoms with E-state index in [4.69, 9.17) is 10.5 Å². The van der Waals surface area contributed by atoms with Gasteiger partial charge in [-0.25, -0.2) is 8.78 Å². The third kappa shape index (κ3) is 4.79. The number of hydrogen-bond acceptors (Lipinski definition) is 5. The monoisotopic (exact) mass is 455 g/mol. The Morgan fingerprint density at radius 3 is 2.55 bits per heavy atom. The van der Waals surface area contributed by atoms with Gasteiger partial charge < -0.3 is 15.4 Å². The number of ether oxygens (including phenoxy) is 1. The zero-order valence-electron chi connectivity index (χ0n) is 18.9. The van der Waals surface area contributed by atoms with Crippen molar-refractivity contribution in [1.82, 2.24) is 19.7 Å². The summed E-state index contributed by atoms with van der Waals surface area (Å²) >= 11 is 0. The van der Waals surface area contributed by atoms with Crippen molar-refractivity contribution in [2.24, 2.45) is 12.8 Å². The molecule has 1 atom stereocenters. The Bertz CT molecular complexity index is 1160. The second kappa shape index (κ2) is 9.36. The van der Waals surface area contributed by atoms with Gasteiger partial charge in [-0.2, -0.15) is 5.10 Å². The molecular weight excluding hydrogens is 428 g/mol. The Kier molecular flexibility index (Phi) is 6.53. The number of fused-ring (bicyclic) bond motifs is 1. The topological polar surface area (TPSA) is 86.3 Å². The van der Waals surface area contributed by atoms with Crippen LogP contribution in [0.5, 0.6) is 0 Å². The van der Waals surface area contributed by atoms with Gasteiger partial charge in [-0.05, 0) is 49.6 Å². The van der Waals surface area contributed by atoms with Crippen molar-refractivity contribution in [3.8, 4) is 11.4 Å². The molecule has 1 amide bonds. The molecule has 2 N–H and O–H groups in total. The van der Waals surface area contributed by atoms with E-state index in [-0.39, 0.29) is 25.0 Å². The van der Waals surface area contributed by atoms with Crippen molar-refractivity contribution in [3.63, 3.8) is 0 Å². The van der Waals surface area contributed by atoms with E-state index in [1.54, 1.807) is 22.0 Å². The molecule has 0 radical (unpaired) electrons. The van der Waals surface area contributed by atoms with Crippen LogP contribution in [0, 0.1) is 11.6 Å². The van der Waals surface area contributed by atoms with Gasteiger partial charge in [0.15, 0.2) is 0 Å². The molecule has 0 aliphatic carbocycles. The van der Waals surface area contributed by atoms with Crippen LogP contribution < -0.4 is 5.73 Å². The van der Waals surface area contributed by atoms with E-state index in [0.29, 0.717) is 30.0 Å². The molecule has 174 valence electrons. The molecule has 0 fully saturated rings. The molecule has 3 aromatic rings. The van der Waals surface area contributed by atoms with Crippen molar-refractivity contribution in [1.29, 1.82) is 0 Å². The Hall–Kier alpha value is -3.17. The number of hydrogen-bond donors (Lipinski definition) is 1. The van der Waals surface area contributed by atoms with Crippen LogP contribution in [-0.4, -0.2) is 44.3 Å². The minimum atomic E-state index is -0.654. The number of halogens is 2. The first-order valence-corrected chi connectivity index (χ1v) is 10.8. The number of amides is 1. The Morgan fingerprint density at radius 1 is 1.15 bits per heavy atom. The summed E-state index contributed by atoms with van der Waals surface area (Å²) in [4.78, 5) is 19.2. The van der Waals surface area contributed by atoms with E-state index in [1.807, 2.05) is 27.0 Å². The van der Waals surface area contributed by atoms with E-state index in [0.717, 1.165) is 22.9 Å². The number of nitrogens with two attached hydrogens (primary N) is 1. The fourth-order valence-electron chi connectivity index (χ4n) is 4.15. The highest BCUT2D eigenvalue weighted by atomic mass is 19.1. The lowest BCUT2D eigenvalue weighted by Gasteiger charge is -2.26. The van der Waals surface area contributed by atoms with Crippen molar-refractivity contribution in [2.45, 2.75) is 45.6 Å². The van der Waals surface area contributed by atoms with Crippen molar-refractivity contribution in [2.75, 3.05) is 6.54 Å². The number of benzene rings is 1. The van der Waals surface area contributed by atoms with Crippen LogP contribution in [0.4, 0.5) is 8.78 Å². The number of aromatic nitrogens is 3. The SMILES string of the molecule is CC(C)OCc1cnn(C)c1-c1cc2c(cn1)C(=O)N([C@H](CN)Cc1cc(F)cc(F)c1)C2. The quantitative estimate of drug-likeness (QED) is 0.564. The highest BCUT2D eigenvalue weighted by molar-refractivity contribution is 5.98. The van der Waals surface area contributed by atoms with Crippen molar-refractivity contribution >= 4 is 5.91 Å². The lowest BCUT2D eigenvalue weighted by Crippen LogP contribution is -2.42. The van der Waals surface area contributed by atoms with Crippen molar-refractivity contribution in [3.05, 3.63) is 70.5 Å². The first-order chi connectivity index (χ1) is 15.8. The van der Waals surface area contributed by atoms with Gasteiger partial charge in [0, 0.05) is 44.0 Å². The molecule has 0 unspecified atom stereocenters. The van der Waals surface area contributed by atoms with Crippen LogP contribution in [0.15, 0.2) is 36.7 Å². The second-order valence-electron chi connectivity index (χ2n) is 8.53. The molecule has 0 saturated heterocycles. The molecule has 0 spiro atoms. The lowest BCUT2D eigenvalue weighted by atomic mass is 10.0. The fourth-order valence-corrected chi connectivity index (χ4v) is 4.15. The minimum absolute atomic E-state index is 0.0805. The van der Waals surface area contributed by atoms with Gasteiger partial charge in [-0.1, -0.05) is 0 Å². The average Bonchev–Trinajstić information content (AvgIpc) is 3.29. The molecule has 3 heterocycles. The highest BCUT2D eigenvalue weighted by Gasteiger charge is 2.33. The van der Waals surface area contributed by atoms with Gasteiger partial charge in [-0.15, -0.1) is 0 Å². The van der Waals surface area contributed by atoms with E-state index < -0.39 is 17.7 Å². The number of nitrogens with zero attached hydrogens (tertiary/aromatic N) is 4. The maximum Gasteiger partial charge on any atom is 0.256 e. The van der Waals surface area contributed by atoms with Crippen LogP contribution in [0.3, 0.4) is 0 Å². The van der Waals surface area contributed by atoms with Gasteiger partial charge in [0.25, 0.3) is 5.91 Å². The van der Waals surface area contributed by atoms with Gasteiger partial charge in [0.1, 0.15) is 11.6 Å². The number of carbonyl (C=O) groups is 1. The van der Waals surface area contributed by atoms with Crippen molar-refractivity contribution < 1.29 is 18.3 Å². The zero-order chi connectivity index (χ0) is 23.7. The molecule has 9 heteroatoms. The number of carbonyl (C=O) groups excluding carboxylic acids is 1. The average molecular weight is 456 g/mol. The Labute approximate surface area is 191 Å². The van der Waals surface area contributed by atoms with Gasteiger partial charge >= 0.3 is 0 Å². The summed E-state index contributed by atoms with van der Waals surface area (Å²) in [5.74, 6) is -1.50. The van der Waals surface area contributed by atoms with E-state index in [2.05, 4.69) is 10.1 Å². The normalized spacial score (nSPS) is 14.3. The van der Waals surface area contributed by atoms with E-state index in [9.17, 15) is 13.6 Å². The molecule has 4 rings (SSSR count). The molecule has 1 aromatic carbocycles. The summed E-state index contributed by atoms with van der Waals surface area (Å²) in [7, 11) is 1.84. The summed E-state index contributed by atoms with van der Waals surface area (Å²) in [6.07, 6.45) is 3.66. The first kappa shape index (κ1) is 23.0. The van der Waals surface area contributed by atoms with Crippen LogP contribution >= 0.6 is 0 Å². The maximum absolute atomic E-state index is 13.6. The fraction of sp³-hybridized carbons (Fsp3) is 0.375. The molecule has 1 aliphatic heterocycles. The smallest absolute Gasteiger partial charge is 0.256 e. The molecule has 0 bridgehead atoms. The largest absolute Gasteiger partial charge is 0.374 e. The first-order valence-electron chi connectivity index (χ1n) is 10.8. The summed E-state index contributed by atoms with van der Waals surface area (Å²) in [5, 5.41) is 4.34. The third-order valence-corrected chi connectivity index (χ3v) is 5.76. The Balaban J connectivity index is 1.58. The maximum atomic E-state index is 13.6. The molecule has 33 heavy (non-hydrogen) atoms. The summed E-state index contributed by atoms with van der Waals surface area (Å²) in [6.45, 7) is 4.85. The number of aryl methyl sites for hydroxylation is 1. The Morgan fingerprint density at radius 2 is 1.88 bits per heavy atom. The third-order valence-electron chi connectivity index (χ3n) is 5.76. The van der Waals surface area contributed by atoms with Crippen LogP contribution in [0.1, 0.15) is 40.9 Å². The lowest BCUT2D eigenvalue weighted by molar-refractivity contribution is 0.0659. The van der Waals surface area contributed by atoms with Gasteiger partial charge in [0.2, 0.25) is 0 Å². The standard InChI is InChI=1S/C24H27F2N5O2/c1-14(2)33-13-17-10-29-30(3)23(17)22-7-16-12-31(24(32)21(16)11-28-22)20(9-27)6-15-4-18(25)8-19(26)5-15/h4-5,7-8,10-11,14,20H,6,9,12-13,27H2,1-3H3/t20-/m0/s1. The second-order valence-corrected chi connectivity index (χ2v) is 8.53. The summed E-state index contributed by atoms with van der Waals surface area (Å²) in [6, 6.07) is 4.84. The molecule has 7 nitrogen and oxygen atoms in total. The highest BCUT2D eigenvalue weighted by Crippen LogP contribution is 2.30. The zero-order valence-corrected chi connectivity index (χ0v) is 18.9. The van der Waals surface area contributed by atoms with Crippen LogP contribution in [0.2, 0.25) is 0 Å². The van der Waals surface area contributed by atoms with Gasteiger partial charge in [0.05, 0.1) is 35.9 Å². The molecular formula is C24H27F2N5O2.